The molecule has 14 heavy (non-hydrogen) atoms. The van der Waals surface area contributed by atoms with E-state index in [0.717, 1.165) is 6.08 Å². The molecule has 0 unspecified atom stereocenters. The molecule has 70 valence electrons. The van der Waals surface area contributed by atoms with Crippen molar-refractivity contribution in [1.82, 2.24) is 0 Å². The first-order valence-corrected chi connectivity index (χ1v) is 4.03. The maximum Gasteiger partial charge on any atom is 0.270 e. The third-order valence-electron chi connectivity index (χ3n) is 1.52. The monoisotopic (exact) mass is 208 g/mol. The van der Waals surface area contributed by atoms with Crippen LogP contribution in [0, 0.1) is 21.4 Å². The average Bonchev–Trinajstić information content (AvgIpc) is 2.18. The molecule has 0 aromatic heterocycles. The van der Waals surface area contributed by atoms with E-state index in [9.17, 15) is 10.1 Å². The smallest absolute Gasteiger partial charge is 0.258 e. The molecule has 0 saturated heterocycles. The molecular weight excluding hydrogens is 204 g/mol. The Labute approximate surface area is 85.2 Å². The fraction of sp³-hybridized carbons (Fsp3) is 0. The van der Waals surface area contributed by atoms with Gasteiger partial charge in [-0.1, -0.05) is 23.7 Å². The molecule has 0 amide bonds. The summed E-state index contributed by atoms with van der Waals surface area (Å²) >= 11 is 5.70. The van der Waals surface area contributed by atoms with Crippen molar-refractivity contribution in [2.75, 3.05) is 0 Å². The van der Waals surface area contributed by atoms with Crippen molar-refractivity contribution < 1.29 is 4.92 Å². The van der Waals surface area contributed by atoms with Gasteiger partial charge in [0, 0.05) is 23.8 Å². The number of halogens is 1. The molecule has 0 atom stereocenters. The van der Waals surface area contributed by atoms with Crippen molar-refractivity contribution in [2.45, 2.75) is 0 Å². The lowest BCUT2D eigenvalue weighted by Crippen LogP contribution is -1.88. The third kappa shape index (κ3) is 2.31. The van der Waals surface area contributed by atoms with E-state index in [4.69, 9.17) is 16.9 Å². The quantitative estimate of drug-likeness (QED) is 0.426. The van der Waals surface area contributed by atoms with Gasteiger partial charge in [-0.25, -0.2) is 0 Å². The normalized spacial score (nSPS) is 10.7. The second kappa shape index (κ2) is 4.40. The first-order chi connectivity index (χ1) is 6.65. The number of allylic oxidation sites excluding steroid dienone is 1. The number of rotatable bonds is 2. The van der Waals surface area contributed by atoms with Crippen LogP contribution in [-0.4, -0.2) is 4.92 Å². The van der Waals surface area contributed by atoms with E-state index in [-0.39, 0.29) is 10.7 Å². The molecule has 5 heteroatoms. The molecule has 1 aromatic rings. The third-order valence-corrected chi connectivity index (χ3v) is 1.85. The lowest BCUT2D eigenvalue weighted by atomic mass is 10.2. The zero-order valence-corrected chi connectivity index (χ0v) is 7.73. The van der Waals surface area contributed by atoms with Crippen LogP contribution < -0.4 is 0 Å². The van der Waals surface area contributed by atoms with E-state index in [1.807, 2.05) is 0 Å². The van der Waals surface area contributed by atoms with Gasteiger partial charge in [-0.15, -0.1) is 0 Å². The number of benzene rings is 1. The highest BCUT2D eigenvalue weighted by molar-refractivity contribution is 6.49. The standard InChI is InChI=1S/C9H5ClN2O2/c10-9(4-5-11)7-2-1-3-8(6-7)12(13)14/h1-4,6H/b9-4-. The Morgan fingerprint density at radius 1 is 1.64 bits per heavy atom. The summed E-state index contributed by atoms with van der Waals surface area (Å²) in [5.41, 5.74) is 0.411. The predicted molar refractivity (Wildman–Crippen MR) is 52.5 cm³/mol. The zero-order valence-electron chi connectivity index (χ0n) is 6.98. The Morgan fingerprint density at radius 2 is 2.36 bits per heavy atom. The topological polar surface area (TPSA) is 66.9 Å². The van der Waals surface area contributed by atoms with Gasteiger partial charge < -0.3 is 0 Å². The molecule has 0 aliphatic heterocycles. The van der Waals surface area contributed by atoms with Gasteiger partial charge in [-0.3, -0.25) is 10.1 Å². The van der Waals surface area contributed by atoms with E-state index in [1.165, 1.54) is 18.2 Å². The van der Waals surface area contributed by atoms with Gasteiger partial charge in [0.25, 0.3) is 5.69 Å². The predicted octanol–water partition coefficient (Wildman–Crippen LogP) is 2.70. The van der Waals surface area contributed by atoms with Crippen LogP contribution in [0.3, 0.4) is 0 Å². The maximum absolute atomic E-state index is 10.4. The number of nitriles is 1. The SMILES string of the molecule is N#C/C=C(\Cl)c1cccc([N+](=O)[O-])c1. The number of hydrogen-bond donors (Lipinski definition) is 0. The van der Waals surface area contributed by atoms with E-state index < -0.39 is 4.92 Å². The average molecular weight is 209 g/mol. The van der Waals surface area contributed by atoms with Gasteiger partial charge in [0.2, 0.25) is 0 Å². The lowest BCUT2D eigenvalue weighted by Gasteiger charge is -1.96. The molecule has 0 bridgehead atoms. The van der Waals surface area contributed by atoms with E-state index in [1.54, 1.807) is 12.1 Å². The molecule has 1 aromatic carbocycles. The summed E-state index contributed by atoms with van der Waals surface area (Å²) < 4.78 is 0. The van der Waals surface area contributed by atoms with Gasteiger partial charge in [-0.05, 0) is 0 Å². The highest BCUT2D eigenvalue weighted by atomic mass is 35.5. The summed E-state index contributed by atoms with van der Waals surface area (Å²) in [7, 11) is 0. The fourth-order valence-electron chi connectivity index (χ4n) is 0.908. The van der Waals surface area contributed by atoms with Gasteiger partial charge in [0.15, 0.2) is 0 Å². The number of non-ortho nitro benzene ring substituents is 1. The summed E-state index contributed by atoms with van der Waals surface area (Å²) in [6, 6.07) is 7.54. The molecule has 4 nitrogen and oxygen atoms in total. The van der Waals surface area contributed by atoms with Gasteiger partial charge >= 0.3 is 0 Å². The first-order valence-electron chi connectivity index (χ1n) is 3.65. The summed E-state index contributed by atoms with van der Waals surface area (Å²) in [6.07, 6.45) is 1.13. The Balaban J connectivity index is 3.13. The minimum atomic E-state index is -0.514. The summed E-state index contributed by atoms with van der Waals surface area (Å²) in [6.45, 7) is 0. The summed E-state index contributed by atoms with van der Waals surface area (Å²) in [4.78, 5) is 9.90. The highest BCUT2D eigenvalue weighted by Crippen LogP contribution is 2.22. The van der Waals surface area contributed by atoms with Crippen molar-refractivity contribution in [3.05, 3.63) is 46.0 Å². The van der Waals surface area contributed by atoms with Crippen molar-refractivity contribution in [3.63, 3.8) is 0 Å². The summed E-state index contributed by atoms with van der Waals surface area (Å²) in [5, 5.41) is 18.9. The molecule has 0 heterocycles. The van der Waals surface area contributed by atoms with Crippen LogP contribution >= 0.6 is 11.6 Å². The van der Waals surface area contributed by atoms with Crippen LogP contribution in [0.4, 0.5) is 5.69 Å². The van der Waals surface area contributed by atoms with Gasteiger partial charge in [-0.2, -0.15) is 5.26 Å². The van der Waals surface area contributed by atoms with Gasteiger partial charge in [0.1, 0.15) is 0 Å². The Hall–Kier alpha value is -1.86. The van der Waals surface area contributed by atoms with E-state index >= 15 is 0 Å². The molecule has 0 radical (unpaired) electrons. The zero-order chi connectivity index (χ0) is 10.6. The van der Waals surface area contributed by atoms with Crippen molar-refractivity contribution in [3.8, 4) is 6.07 Å². The van der Waals surface area contributed by atoms with Crippen molar-refractivity contribution >= 4 is 22.3 Å². The van der Waals surface area contributed by atoms with E-state index in [2.05, 4.69) is 0 Å². The van der Waals surface area contributed by atoms with Crippen LogP contribution in [0.25, 0.3) is 5.03 Å². The van der Waals surface area contributed by atoms with Crippen LogP contribution in [-0.2, 0) is 0 Å². The van der Waals surface area contributed by atoms with Gasteiger partial charge in [0.05, 0.1) is 16.0 Å². The fourth-order valence-corrected chi connectivity index (χ4v) is 1.07. The minimum Gasteiger partial charge on any atom is -0.258 e. The molecule has 0 fully saturated rings. The molecule has 0 aliphatic carbocycles. The molecule has 0 spiro atoms. The molecule has 0 saturated carbocycles. The molecular formula is C9H5ClN2O2. The first kappa shape index (κ1) is 10.2. The molecule has 0 aliphatic rings. The lowest BCUT2D eigenvalue weighted by molar-refractivity contribution is -0.384. The number of nitro benzene ring substituents is 1. The number of nitrogens with zero attached hydrogens (tertiary/aromatic N) is 2. The van der Waals surface area contributed by atoms with Crippen LogP contribution in [0.2, 0.25) is 0 Å². The Bertz CT molecular complexity index is 435. The number of nitro groups is 1. The largest absolute Gasteiger partial charge is 0.270 e. The van der Waals surface area contributed by atoms with Crippen LogP contribution in [0.5, 0.6) is 0 Å². The summed E-state index contributed by atoms with van der Waals surface area (Å²) in [5.74, 6) is 0. The van der Waals surface area contributed by atoms with Crippen molar-refractivity contribution in [1.29, 1.82) is 5.26 Å². The maximum atomic E-state index is 10.4. The molecule has 0 N–H and O–H groups in total. The Morgan fingerprint density at radius 3 is 2.93 bits per heavy atom. The number of hydrogen-bond acceptors (Lipinski definition) is 3. The Kier molecular flexibility index (Phi) is 3.21. The van der Waals surface area contributed by atoms with Crippen LogP contribution in [0.1, 0.15) is 5.56 Å². The van der Waals surface area contributed by atoms with Crippen molar-refractivity contribution in [2.24, 2.45) is 0 Å². The molecule has 1 rings (SSSR count). The highest BCUT2D eigenvalue weighted by Gasteiger charge is 2.06. The minimum absolute atomic E-state index is 0.0491. The second-order valence-electron chi connectivity index (χ2n) is 2.43. The second-order valence-corrected chi connectivity index (χ2v) is 2.84. The van der Waals surface area contributed by atoms with E-state index in [0.29, 0.717) is 5.56 Å². The van der Waals surface area contributed by atoms with Crippen LogP contribution in [0.15, 0.2) is 30.3 Å².